The van der Waals surface area contributed by atoms with E-state index in [1.807, 2.05) is 49.2 Å². The minimum atomic E-state index is 0.0280. The Kier molecular flexibility index (Phi) is 4.69. The highest BCUT2D eigenvalue weighted by Crippen LogP contribution is 2.36. The van der Waals surface area contributed by atoms with Crippen molar-refractivity contribution in [1.29, 1.82) is 0 Å². The molecule has 0 aliphatic carbocycles. The minimum absolute atomic E-state index is 0.0280. The van der Waals surface area contributed by atoms with Crippen LogP contribution >= 0.6 is 0 Å². The van der Waals surface area contributed by atoms with Gasteiger partial charge in [-0.05, 0) is 44.7 Å². The Labute approximate surface area is 175 Å². The van der Waals surface area contributed by atoms with Crippen molar-refractivity contribution in [3.63, 3.8) is 0 Å². The first-order chi connectivity index (χ1) is 14.6. The van der Waals surface area contributed by atoms with Crippen LogP contribution in [-0.4, -0.2) is 61.4 Å². The summed E-state index contributed by atoms with van der Waals surface area (Å²) in [6, 6.07) is 7.80. The fraction of sp³-hybridized carbons (Fsp3) is 0.409. The molecule has 0 radical (unpaired) electrons. The van der Waals surface area contributed by atoms with Gasteiger partial charge in [0, 0.05) is 25.8 Å². The summed E-state index contributed by atoms with van der Waals surface area (Å²) >= 11 is 0. The minimum Gasteiger partial charge on any atom is -0.350 e. The van der Waals surface area contributed by atoms with Gasteiger partial charge in [0.2, 0.25) is 0 Å². The van der Waals surface area contributed by atoms with Crippen molar-refractivity contribution in [3.8, 4) is 5.69 Å². The summed E-state index contributed by atoms with van der Waals surface area (Å²) in [6.07, 6.45) is 7.19. The molecular weight excluding hydrogens is 378 g/mol. The van der Waals surface area contributed by atoms with Gasteiger partial charge in [-0.1, -0.05) is 12.1 Å². The number of hydrogen-bond acceptors (Lipinski definition) is 6. The van der Waals surface area contributed by atoms with Crippen LogP contribution < -0.4 is 4.90 Å². The number of hydrogen-bond donors (Lipinski definition) is 0. The van der Waals surface area contributed by atoms with Crippen molar-refractivity contribution < 1.29 is 4.79 Å². The number of likely N-dealkylation sites (tertiary alicyclic amines) is 1. The van der Waals surface area contributed by atoms with Crippen LogP contribution in [0.25, 0.3) is 5.69 Å². The van der Waals surface area contributed by atoms with Crippen molar-refractivity contribution in [2.75, 3.05) is 24.5 Å². The quantitative estimate of drug-likeness (QED) is 0.668. The molecule has 2 aliphatic heterocycles. The van der Waals surface area contributed by atoms with Crippen molar-refractivity contribution >= 4 is 11.7 Å². The molecule has 4 heterocycles. The lowest BCUT2D eigenvalue weighted by Gasteiger charge is -2.39. The molecule has 2 saturated heterocycles. The van der Waals surface area contributed by atoms with Gasteiger partial charge in [-0.25, -0.2) is 4.98 Å². The molecule has 3 aromatic rings. The van der Waals surface area contributed by atoms with E-state index < -0.39 is 0 Å². The molecule has 0 spiro atoms. The van der Waals surface area contributed by atoms with Crippen molar-refractivity contribution in [2.24, 2.45) is 5.92 Å². The van der Waals surface area contributed by atoms with Crippen LogP contribution in [0.2, 0.25) is 0 Å². The standard InChI is InChI=1S/C22H25N7O/c1-15-13-23-16(2)21(26-15)28-12-8-17-7-11-27(14-20(17)28)22(30)18-5-3-4-6-19(18)29-24-9-10-25-29/h3-6,9-10,13,17,20H,7-8,11-12,14H2,1-2H3/t17?,20-/m0/s1. The monoisotopic (exact) mass is 403 g/mol. The van der Waals surface area contributed by atoms with Gasteiger partial charge >= 0.3 is 0 Å². The largest absolute Gasteiger partial charge is 0.350 e. The van der Waals surface area contributed by atoms with E-state index in [9.17, 15) is 4.79 Å². The molecule has 0 bridgehead atoms. The molecule has 1 amide bonds. The second-order valence-corrected chi connectivity index (χ2v) is 8.11. The van der Waals surface area contributed by atoms with Gasteiger partial charge in [-0.3, -0.25) is 9.78 Å². The first-order valence-corrected chi connectivity index (χ1v) is 10.4. The van der Waals surface area contributed by atoms with Crippen molar-refractivity contribution in [2.45, 2.75) is 32.7 Å². The van der Waals surface area contributed by atoms with Crippen LogP contribution in [0.3, 0.4) is 0 Å². The van der Waals surface area contributed by atoms with Crippen LogP contribution in [-0.2, 0) is 0 Å². The third-order valence-corrected chi connectivity index (χ3v) is 6.24. The number of carbonyl (C=O) groups is 1. The Morgan fingerprint density at radius 1 is 1.07 bits per heavy atom. The zero-order valence-electron chi connectivity index (χ0n) is 17.3. The molecule has 0 saturated carbocycles. The average molecular weight is 403 g/mol. The predicted molar refractivity (Wildman–Crippen MR) is 113 cm³/mol. The number of aryl methyl sites for hydroxylation is 2. The van der Waals surface area contributed by atoms with E-state index in [0.717, 1.165) is 43.1 Å². The fourth-order valence-corrected chi connectivity index (χ4v) is 4.72. The number of rotatable bonds is 3. The Balaban J connectivity index is 1.42. The molecule has 5 rings (SSSR count). The van der Waals surface area contributed by atoms with Gasteiger partial charge in [0.05, 0.1) is 41.1 Å². The maximum absolute atomic E-state index is 13.5. The summed E-state index contributed by atoms with van der Waals surface area (Å²) in [4.78, 5) is 28.6. The zero-order chi connectivity index (χ0) is 20.7. The smallest absolute Gasteiger partial charge is 0.256 e. The van der Waals surface area contributed by atoms with Gasteiger partial charge in [-0.2, -0.15) is 15.0 Å². The molecule has 1 unspecified atom stereocenters. The van der Waals surface area contributed by atoms with E-state index in [1.54, 1.807) is 12.4 Å². The lowest BCUT2D eigenvalue weighted by molar-refractivity contribution is 0.0678. The second-order valence-electron chi connectivity index (χ2n) is 8.11. The molecule has 1 aromatic carbocycles. The maximum atomic E-state index is 13.5. The first kappa shape index (κ1) is 18.7. The summed E-state index contributed by atoms with van der Waals surface area (Å²) in [7, 11) is 0. The Hall–Kier alpha value is -3.29. The third kappa shape index (κ3) is 3.22. The number of para-hydroxylation sites is 1. The molecule has 0 N–H and O–H groups in total. The molecule has 154 valence electrons. The molecule has 2 atom stereocenters. The summed E-state index contributed by atoms with van der Waals surface area (Å²) < 4.78 is 0. The van der Waals surface area contributed by atoms with Crippen molar-refractivity contribution in [3.05, 3.63) is 59.8 Å². The maximum Gasteiger partial charge on any atom is 0.256 e. The SMILES string of the molecule is Cc1cnc(C)c(N2CCC3CCN(C(=O)c4ccccc4-n4nccn4)C[C@@H]32)n1. The van der Waals surface area contributed by atoms with Gasteiger partial charge < -0.3 is 9.80 Å². The van der Waals surface area contributed by atoms with Gasteiger partial charge in [0.1, 0.15) is 0 Å². The van der Waals surface area contributed by atoms with E-state index in [2.05, 4.69) is 20.1 Å². The van der Waals surface area contributed by atoms with Crippen LogP contribution in [0.4, 0.5) is 5.82 Å². The number of fused-ring (bicyclic) bond motifs is 1. The molecule has 2 aromatic heterocycles. The second kappa shape index (κ2) is 7.51. The van der Waals surface area contributed by atoms with Gasteiger partial charge in [-0.15, -0.1) is 0 Å². The number of anilines is 1. The van der Waals surface area contributed by atoms with Crippen LogP contribution in [0.5, 0.6) is 0 Å². The van der Waals surface area contributed by atoms with E-state index in [-0.39, 0.29) is 11.9 Å². The summed E-state index contributed by atoms with van der Waals surface area (Å²) in [6.45, 7) is 6.41. The molecular formula is C22H25N7O. The highest BCUT2D eigenvalue weighted by Gasteiger charge is 2.41. The van der Waals surface area contributed by atoms with E-state index >= 15 is 0 Å². The number of carbonyl (C=O) groups excluding carboxylic acids is 1. The number of amides is 1. The Bertz CT molecular complexity index is 1070. The topological polar surface area (TPSA) is 80.0 Å². The lowest BCUT2D eigenvalue weighted by atomic mass is 9.91. The van der Waals surface area contributed by atoms with Crippen LogP contribution in [0.15, 0.2) is 42.9 Å². The molecule has 8 heteroatoms. The van der Waals surface area contributed by atoms with Gasteiger partial charge in [0.25, 0.3) is 5.91 Å². The van der Waals surface area contributed by atoms with Crippen molar-refractivity contribution in [1.82, 2.24) is 29.9 Å². The number of piperidine rings is 1. The molecule has 2 aliphatic rings. The number of nitrogens with zero attached hydrogens (tertiary/aromatic N) is 7. The van der Waals surface area contributed by atoms with Gasteiger partial charge in [0.15, 0.2) is 5.82 Å². The highest BCUT2D eigenvalue weighted by molar-refractivity contribution is 5.97. The normalized spacial score (nSPS) is 21.0. The van der Waals surface area contributed by atoms with E-state index in [1.165, 1.54) is 4.80 Å². The summed E-state index contributed by atoms with van der Waals surface area (Å²) in [5.41, 5.74) is 3.20. The van der Waals surface area contributed by atoms with E-state index in [0.29, 0.717) is 23.7 Å². The van der Waals surface area contributed by atoms with Crippen LogP contribution in [0.1, 0.15) is 34.6 Å². The number of aromatic nitrogens is 5. The molecule has 8 nitrogen and oxygen atoms in total. The summed E-state index contributed by atoms with van der Waals surface area (Å²) in [5, 5.41) is 8.42. The zero-order valence-corrected chi connectivity index (χ0v) is 17.3. The average Bonchev–Trinajstić information content (AvgIpc) is 3.44. The highest BCUT2D eigenvalue weighted by atomic mass is 16.2. The summed E-state index contributed by atoms with van der Waals surface area (Å²) in [5.74, 6) is 1.57. The van der Waals surface area contributed by atoms with E-state index in [4.69, 9.17) is 4.98 Å². The fourth-order valence-electron chi connectivity index (χ4n) is 4.72. The Morgan fingerprint density at radius 3 is 2.67 bits per heavy atom. The molecule has 2 fully saturated rings. The third-order valence-electron chi connectivity index (χ3n) is 6.24. The predicted octanol–water partition coefficient (Wildman–Crippen LogP) is 2.42. The van der Waals surface area contributed by atoms with Crippen LogP contribution in [0, 0.1) is 19.8 Å². The Morgan fingerprint density at radius 2 is 1.83 bits per heavy atom. The number of benzene rings is 1. The lowest BCUT2D eigenvalue weighted by Crippen LogP contribution is -2.50. The molecule has 30 heavy (non-hydrogen) atoms. The first-order valence-electron chi connectivity index (χ1n) is 10.4.